The average molecular weight is 314 g/mol. The van der Waals surface area contributed by atoms with Gasteiger partial charge in [0.15, 0.2) is 9.84 Å². The molecule has 1 aromatic carbocycles. The van der Waals surface area contributed by atoms with Crippen molar-refractivity contribution in [1.82, 2.24) is 0 Å². The Kier molecular flexibility index (Phi) is 5.08. The monoisotopic (exact) mass is 314 g/mol. The van der Waals surface area contributed by atoms with Gasteiger partial charge in [-0.3, -0.25) is 9.59 Å². The smallest absolute Gasteiger partial charge is 0.324 e. The molecule has 0 aromatic heterocycles. The Bertz CT molecular complexity index is 629. The van der Waals surface area contributed by atoms with Crippen molar-refractivity contribution in [2.24, 2.45) is 11.5 Å². The molecule has 7 nitrogen and oxygen atoms in total. The highest BCUT2D eigenvalue weighted by Crippen LogP contribution is 2.20. The van der Waals surface area contributed by atoms with Gasteiger partial charge in [-0.05, 0) is 5.56 Å². The minimum Gasteiger partial charge on any atom is -0.480 e. The summed E-state index contributed by atoms with van der Waals surface area (Å²) < 4.78 is 23.2. The molecule has 0 fully saturated rings. The van der Waals surface area contributed by atoms with Gasteiger partial charge >= 0.3 is 5.97 Å². The fourth-order valence-electron chi connectivity index (χ4n) is 1.99. The molecule has 0 radical (unpaired) electrons. The molecule has 116 valence electrons. The third kappa shape index (κ3) is 4.54. The minimum atomic E-state index is -3.84. The van der Waals surface area contributed by atoms with Crippen molar-refractivity contribution in [2.75, 3.05) is 6.26 Å². The van der Waals surface area contributed by atoms with Gasteiger partial charge in [0, 0.05) is 19.1 Å². The molecule has 0 heterocycles. The molecule has 1 rings (SSSR count). The van der Waals surface area contributed by atoms with Gasteiger partial charge in [-0.2, -0.15) is 0 Å². The number of carboxylic acids is 1. The van der Waals surface area contributed by atoms with Gasteiger partial charge in [0.25, 0.3) is 0 Å². The van der Waals surface area contributed by atoms with E-state index in [1.165, 1.54) is 0 Å². The fourth-order valence-corrected chi connectivity index (χ4v) is 3.01. The number of carboxylic acid groups (broad SMARTS) is 1. The number of carbonyl (C=O) groups excluding carboxylic acids is 1. The highest BCUT2D eigenvalue weighted by Gasteiger charge is 2.42. The third-order valence-electron chi connectivity index (χ3n) is 3.17. The number of primary amides is 1. The molecule has 0 aliphatic heterocycles. The zero-order chi connectivity index (χ0) is 16.3. The Labute approximate surface area is 122 Å². The summed E-state index contributed by atoms with van der Waals surface area (Å²) in [5, 5.41) is 7.68. The van der Waals surface area contributed by atoms with E-state index in [4.69, 9.17) is 11.5 Å². The Balaban J connectivity index is 3.11. The van der Waals surface area contributed by atoms with Crippen molar-refractivity contribution in [1.29, 1.82) is 0 Å². The quantitative estimate of drug-likeness (QED) is 0.608. The maximum Gasteiger partial charge on any atom is 0.324 e. The van der Waals surface area contributed by atoms with Crippen molar-refractivity contribution in [3.63, 3.8) is 0 Å². The van der Waals surface area contributed by atoms with E-state index in [1.807, 2.05) is 0 Å². The van der Waals surface area contributed by atoms with Crippen LogP contribution in [0, 0.1) is 0 Å². The molecule has 1 amide bonds. The SMILES string of the molecule is CS(=O)(=O)C(C[C@@](N)(Cc1ccccc1)C(=O)O)C(N)=O. The van der Waals surface area contributed by atoms with Crippen LogP contribution >= 0.6 is 0 Å². The fraction of sp³-hybridized carbons (Fsp3) is 0.385. The summed E-state index contributed by atoms with van der Waals surface area (Å²) in [6.07, 6.45) is 0.140. The van der Waals surface area contributed by atoms with Crippen LogP contribution < -0.4 is 11.5 Å². The lowest BCUT2D eigenvalue weighted by molar-refractivity contribution is -0.143. The summed E-state index contributed by atoms with van der Waals surface area (Å²) in [5.41, 5.74) is 9.62. The molecule has 8 heteroatoms. The van der Waals surface area contributed by atoms with E-state index in [0.29, 0.717) is 5.56 Å². The molecule has 0 bridgehead atoms. The first-order valence-corrected chi connectivity index (χ1v) is 8.06. The number of hydrogen-bond acceptors (Lipinski definition) is 5. The van der Waals surface area contributed by atoms with Crippen LogP contribution in [-0.2, 0) is 25.8 Å². The van der Waals surface area contributed by atoms with Crippen molar-refractivity contribution < 1.29 is 23.1 Å². The number of carbonyl (C=O) groups is 2. The first-order chi connectivity index (χ1) is 9.56. The molecular formula is C13H18N2O5S. The second kappa shape index (κ2) is 6.23. The molecule has 0 saturated carbocycles. The Morgan fingerprint density at radius 1 is 1.29 bits per heavy atom. The van der Waals surface area contributed by atoms with E-state index in [1.54, 1.807) is 30.3 Å². The highest BCUT2D eigenvalue weighted by molar-refractivity contribution is 7.92. The number of rotatable bonds is 7. The topological polar surface area (TPSA) is 141 Å². The normalized spacial score (nSPS) is 15.9. The first kappa shape index (κ1) is 17.1. The summed E-state index contributed by atoms with van der Waals surface area (Å²) in [4.78, 5) is 22.7. The van der Waals surface area contributed by atoms with Crippen molar-refractivity contribution >= 4 is 21.7 Å². The van der Waals surface area contributed by atoms with Gasteiger partial charge in [-0.15, -0.1) is 0 Å². The number of hydrogen-bond donors (Lipinski definition) is 3. The summed E-state index contributed by atoms with van der Waals surface area (Å²) in [7, 11) is -3.84. The number of aliphatic carboxylic acids is 1. The zero-order valence-electron chi connectivity index (χ0n) is 11.5. The number of amides is 1. The van der Waals surface area contributed by atoms with Crippen LogP contribution in [0.5, 0.6) is 0 Å². The molecule has 0 saturated heterocycles. The van der Waals surface area contributed by atoms with Crippen molar-refractivity contribution in [3.8, 4) is 0 Å². The largest absolute Gasteiger partial charge is 0.480 e. The predicted molar refractivity (Wildman–Crippen MR) is 77.1 cm³/mol. The van der Waals surface area contributed by atoms with Crippen LogP contribution in [-0.4, -0.2) is 42.4 Å². The molecule has 1 aromatic rings. The van der Waals surface area contributed by atoms with Gasteiger partial charge in [0.1, 0.15) is 10.8 Å². The van der Waals surface area contributed by atoms with Gasteiger partial charge in [-0.1, -0.05) is 30.3 Å². The molecule has 0 aliphatic carbocycles. The van der Waals surface area contributed by atoms with E-state index in [-0.39, 0.29) is 6.42 Å². The Hall–Kier alpha value is -1.93. The molecular weight excluding hydrogens is 296 g/mol. The highest BCUT2D eigenvalue weighted by atomic mass is 32.2. The van der Waals surface area contributed by atoms with Crippen LogP contribution in [0.2, 0.25) is 0 Å². The van der Waals surface area contributed by atoms with Crippen LogP contribution in [0.15, 0.2) is 30.3 Å². The third-order valence-corrected chi connectivity index (χ3v) is 4.60. The Morgan fingerprint density at radius 3 is 2.19 bits per heavy atom. The van der Waals surface area contributed by atoms with E-state index in [9.17, 15) is 23.1 Å². The van der Waals surface area contributed by atoms with E-state index >= 15 is 0 Å². The van der Waals surface area contributed by atoms with E-state index in [0.717, 1.165) is 6.26 Å². The molecule has 0 aliphatic rings. The maximum absolute atomic E-state index is 11.6. The summed E-state index contributed by atoms with van der Waals surface area (Å²) in [6, 6.07) is 8.51. The Morgan fingerprint density at radius 2 is 1.81 bits per heavy atom. The van der Waals surface area contributed by atoms with Gasteiger partial charge in [0.2, 0.25) is 5.91 Å². The summed E-state index contributed by atoms with van der Waals surface area (Å²) >= 11 is 0. The first-order valence-electron chi connectivity index (χ1n) is 6.10. The van der Waals surface area contributed by atoms with Crippen LogP contribution in [0.1, 0.15) is 12.0 Å². The lowest BCUT2D eigenvalue weighted by Crippen LogP contribution is -2.55. The lowest BCUT2D eigenvalue weighted by atomic mass is 9.87. The van der Waals surface area contributed by atoms with E-state index < -0.39 is 38.9 Å². The summed E-state index contributed by atoms with van der Waals surface area (Å²) in [5.74, 6) is -2.50. The maximum atomic E-state index is 11.6. The van der Waals surface area contributed by atoms with Crippen LogP contribution in [0.25, 0.3) is 0 Å². The van der Waals surface area contributed by atoms with Crippen LogP contribution in [0.3, 0.4) is 0 Å². The zero-order valence-corrected chi connectivity index (χ0v) is 12.3. The molecule has 2 atom stereocenters. The predicted octanol–water partition coefficient (Wildman–Crippen LogP) is -0.700. The van der Waals surface area contributed by atoms with Crippen molar-refractivity contribution in [2.45, 2.75) is 23.6 Å². The molecule has 5 N–H and O–H groups in total. The van der Waals surface area contributed by atoms with Gasteiger partial charge in [-0.25, -0.2) is 8.42 Å². The second-order valence-electron chi connectivity index (χ2n) is 5.05. The van der Waals surface area contributed by atoms with Crippen LogP contribution in [0.4, 0.5) is 0 Å². The average Bonchev–Trinajstić information content (AvgIpc) is 2.35. The minimum absolute atomic E-state index is 0.109. The van der Waals surface area contributed by atoms with Gasteiger partial charge < -0.3 is 16.6 Å². The van der Waals surface area contributed by atoms with Gasteiger partial charge in [0.05, 0.1) is 0 Å². The van der Waals surface area contributed by atoms with E-state index in [2.05, 4.69) is 0 Å². The summed E-state index contributed by atoms with van der Waals surface area (Å²) in [6.45, 7) is 0. The molecule has 1 unspecified atom stereocenters. The molecule has 0 spiro atoms. The number of sulfone groups is 1. The number of benzene rings is 1. The second-order valence-corrected chi connectivity index (χ2v) is 7.28. The number of nitrogens with two attached hydrogens (primary N) is 2. The standard InChI is InChI=1S/C13H18N2O5S/c1-21(19,20)10(11(14)16)8-13(15,12(17)18)7-9-5-3-2-4-6-9/h2-6,10H,7-8,15H2,1H3,(H2,14,16)(H,17,18)/t10?,13-/m0/s1. The lowest BCUT2D eigenvalue weighted by Gasteiger charge is -2.27. The molecule has 21 heavy (non-hydrogen) atoms. The van der Waals surface area contributed by atoms with Crippen molar-refractivity contribution in [3.05, 3.63) is 35.9 Å².